The summed E-state index contributed by atoms with van der Waals surface area (Å²) in [5, 5.41) is 0. The number of hydrogen-bond donors (Lipinski definition) is 3. The van der Waals surface area contributed by atoms with Crippen molar-refractivity contribution in [1.29, 1.82) is 0 Å². The number of carbonyl (C=O) groups is 1. The monoisotopic (exact) mass is 213 g/mol. The Kier molecular flexibility index (Phi) is 6.96. The average molecular weight is 213 g/mol. The number of nitrogens with two attached hydrogens (primary N) is 3. The van der Waals surface area contributed by atoms with Crippen LogP contribution < -0.4 is 17.2 Å². The molecule has 0 radical (unpaired) electrons. The highest BCUT2D eigenvalue weighted by atomic mass is 16.1. The fraction of sp³-hybridized carbons (Fsp3) is 0.667. The largest absolute Gasteiger partial charge is 0.387 e. The molecule has 0 bridgehead atoms. The number of rotatable bonds is 7. The molecule has 15 heavy (non-hydrogen) atoms. The molecule has 0 aromatic rings. The number of nitrogens with zero attached hydrogens (tertiary/aromatic N) is 2. The normalized spacial score (nSPS) is 13.3. The summed E-state index contributed by atoms with van der Waals surface area (Å²) >= 11 is 0. The molecular weight excluding hydrogens is 194 g/mol. The number of aliphatic imine (C=N–C) groups is 2. The van der Waals surface area contributed by atoms with Gasteiger partial charge in [-0.3, -0.25) is 9.98 Å². The number of amidine groups is 1. The zero-order valence-corrected chi connectivity index (χ0v) is 9.02. The maximum Gasteiger partial charge on any atom is 0.185 e. The Labute approximate surface area is 89.6 Å². The molecule has 6 N–H and O–H groups in total. The van der Waals surface area contributed by atoms with Crippen LogP contribution in [0.2, 0.25) is 0 Å². The molecule has 0 aliphatic heterocycles. The van der Waals surface area contributed by atoms with Gasteiger partial charge in [0.25, 0.3) is 0 Å². The van der Waals surface area contributed by atoms with Crippen LogP contribution in [0.1, 0.15) is 26.2 Å². The van der Waals surface area contributed by atoms with Gasteiger partial charge in [0, 0.05) is 13.0 Å². The quantitative estimate of drug-likeness (QED) is 0.226. The molecule has 6 nitrogen and oxygen atoms in total. The third-order valence-corrected chi connectivity index (χ3v) is 1.70. The Morgan fingerprint density at radius 1 is 1.33 bits per heavy atom. The molecule has 0 fully saturated rings. The minimum Gasteiger partial charge on any atom is -0.387 e. The summed E-state index contributed by atoms with van der Waals surface area (Å²) in [6.45, 7) is 2.29. The van der Waals surface area contributed by atoms with Crippen LogP contribution in [-0.4, -0.2) is 30.7 Å². The molecule has 0 heterocycles. The van der Waals surface area contributed by atoms with Crippen molar-refractivity contribution in [3.05, 3.63) is 0 Å². The first-order chi connectivity index (χ1) is 7.06. The Bertz CT molecular complexity index is 245. The van der Waals surface area contributed by atoms with Crippen LogP contribution in [-0.2, 0) is 4.79 Å². The number of unbranched alkanes of at least 4 members (excludes halogenated alkanes) is 1. The van der Waals surface area contributed by atoms with Crippen LogP contribution in [0.25, 0.3) is 0 Å². The lowest BCUT2D eigenvalue weighted by Gasteiger charge is -2.01. The van der Waals surface area contributed by atoms with E-state index >= 15 is 0 Å². The second-order valence-electron chi connectivity index (χ2n) is 3.26. The molecule has 0 rings (SSSR count). The topological polar surface area (TPSA) is 120 Å². The minimum absolute atomic E-state index is 0.103. The first-order valence-electron chi connectivity index (χ1n) is 4.89. The Balaban J connectivity index is 3.63. The average Bonchev–Trinajstić information content (AvgIpc) is 2.16. The van der Waals surface area contributed by atoms with Crippen LogP contribution >= 0.6 is 0 Å². The van der Waals surface area contributed by atoms with E-state index in [1.807, 2.05) is 0 Å². The van der Waals surface area contributed by atoms with E-state index in [9.17, 15) is 4.79 Å². The molecule has 1 atom stereocenters. The van der Waals surface area contributed by atoms with E-state index < -0.39 is 0 Å². The fourth-order valence-corrected chi connectivity index (χ4v) is 0.983. The molecule has 86 valence electrons. The van der Waals surface area contributed by atoms with Crippen LogP contribution in [0, 0.1) is 0 Å². The summed E-state index contributed by atoms with van der Waals surface area (Å²) in [4.78, 5) is 18.1. The summed E-state index contributed by atoms with van der Waals surface area (Å²) in [6, 6.07) is -0.359. The van der Waals surface area contributed by atoms with Gasteiger partial charge in [-0.2, -0.15) is 0 Å². The van der Waals surface area contributed by atoms with E-state index in [1.165, 1.54) is 0 Å². The molecule has 0 saturated heterocycles. The summed E-state index contributed by atoms with van der Waals surface area (Å²) < 4.78 is 0. The molecule has 0 aromatic carbocycles. The first-order valence-corrected chi connectivity index (χ1v) is 4.89. The third kappa shape index (κ3) is 8.73. The van der Waals surface area contributed by atoms with E-state index in [0.29, 0.717) is 18.8 Å². The predicted molar refractivity (Wildman–Crippen MR) is 61.7 cm³/mol. The fourth-order valence-electron chi connectivity index (χ4n) is 0.983. The van der Waals surface area contributed by atoms with Gasteiger partial charge < -0.3 is 22.0 Å². The van der Waals surface area contributed by atoms with Gasteiger partial charge in [-0.25, -0.2) is 0 Å². The molecular formula is C9H19N5O. The lowest BCUT2D eigenvalue weighted by atomic mass is 10.2. The second-order valence-corrected chi connectivity index (χ2v) is 3.26. The Hall–Kier alpha value is -1.59. The molecule has 0 spiro atoms. The van der Waals surface area contributed by atoms with E-state index in [4.69, 9.17) is 17.2 Å². The molecule has 0 aromatic heterocycles. The van der Waals surface area contributed by atoms with Crippen LogP contribution in [0.3, 0.4) is 0 Å². The molecule has 0 saturated carbocycles. The summed E-state index contributed by atoms with van der Waals surface area (Å²) in [5.74, 6) is 0.602. The van der Waals surface area contributed by atoms with E-state index in [0.717, 1.165) is 19.1 Å². The maximum absolute atomic E-state index is 10.3. The lowest BCUT2D eigenvalue weighted by molar-refractivity contribution is -0.108. The first kappa shape index (κ1) is 13.4. The van der Waals surface area contributed by atoms with Crippen molar-refractivity contribution in [2.24, 2.45) is 27.2 Å². The van der Waals surface area contributed by atoms with Gasteiger partial charge in [0.1, 0.15) is 12.3 Å². The van der Waals surface area contributed by atoms with Crippen molar-refractivity contribution in [2.75, 3.05) is 6.54 Å². The number of hydrogen-bond acceptors (Lipinski definition) is 3. The zero-order valence-electron chi connectivity index (χ0n) is 9.02. The highest BCUT2D eigenvalue weighted by molar-refractivity contribution is 5.82. The van der Waals surface area contributed by atoms with Crippen molar-refractivity contribution in [3.63, 3.8) is 0 Å². The van der Waals surface area contributed by atoms with Crippen molar-refractivity contribution < 1.29 is 4.79 Å². The maximum atomic E-state index is 10.3. The third-order valence-electron chi connectivity index (χ3n) is 1.70. The summed E-state index contributed by atoms with van der Waals surface area (Å²) in [5.41, 5.74) is 15.9. The van der Waals surface area contributed by atoms with E-state index in [-0.39, 0.29) is 12.0 Å². The highest BCUT2D eigenvalue weighted by Crippen LogP contribution is 1.97. The van der Waals surface area contributed by atoms with Crippen molar-refractivity contribution >= 4 is 18.1 Å². The van der Waals surface area contributed by atoms with E-state index in [2.05, 4.69) is 9.98 Å². The smallest absolute Gasteiger partial charge is 0.185 e. The number of aldehydes is 1. The predicted octanol–water partition coefficient (Wildman–Crippen LogP) is -0.625. The molecule has 0 aliphatic rings. The summed E-state index contributed by atoms with van der Waals surface area (Å²) in [6.07, 6.45) is 3.13. The van der Waals surface area contributed by atoms with Crippen molar-refractivity contribution in [2.45, 2.75) is 32.2 Å². The van der Waals surface area contributed by atoms with Gasteiger partial charge in [0.15, 0.2) is 5.96 Å². The molecule has 6 heteroatoms. The van der Waals surface area contributed by atoms with Crippen molar-refractivity contribution in [3.8, 4) is 0 Å². The van der Waals surface area contributed by atoms with Crippen molar-refractivity contribution in [1.82, 2.24) is 0 Å². The van der Waals surface area contributed by atoms with Crippen LogP contribution in [0.5, 0.6) is 0 Å². The highest BCUT2D eigenvalue weighted by Gasteiger charge is 1.98. The standard InChI is InChI=1S/C9H19N5O/c1-7(6-15)14-8(10)4-2-3-5-13-9(11)12/h6-7H,2-5H2,1H3,(H2,10,14)(H4,11,12,13). The second kappa shape index (κ2) is 7.78. The van der Waals surface area contributed by atoms with Gasteiger partial charge in [-0.05, 0) is 19.8 Å². The lowest BCUT2D eigenvalue weighted by Crippen LogP contribution is -2.23. The zero-order chi connectivity index (χ0) is 11.7. The Morgan fingerprint density at radius 3 is 2.53 bits per heavy atom. The van der Waals surface area contributed by atoms with Gasteiger partial charge >= 0.3 is 0 Å². The summed E-state index contributed by atoms with van der Waals surface area (Å²) in [7, 11) is 0. The molecule has 1 unspecified atom stereocenters. The van der Waals surface area contributed by atoms with Crippen LogP contribution in [0.4, 0.5) is 0 Å². The van der Waals surface area contributed by atoms with Gasteiger partial charge in [0.05, 0.1) is 5.84 Å². The SMILES string of the molecule is CC(C=O)N=C(N)CCCCN=C(N)N. The van der Waals surface area contributed by atoms with Crippen LogP contribution in [0.15, 0.2) is 9.98 Å². The van der Waals surface area contributed by atoms with Gasteiger partial charge in [-0.1, -0.05) is 0 Å². The minimum atomic E-state index is -0.359. The Morgan fingerprint density at radius 2 is 2.00 bits per heavy atom. The van der Waals surface area contributed by atoms with Gasteiger partial charge in [-0.15, -0.1) is 0 Å². The van der Waals surface area contributed by atoms with Gasteiger partial charge in [0.2, 0.25) is 0 Å². The van der Waals surface area contributed by atoms with E-state index in [1.54, 1.807) is 6.92 Å². The molecule has 0 aliphatic carbocycles. The number of guanidine groups is 1. The molecule has 0 amide bonds. The number of carbonyl (C=O) groups excluding carboxylic acids is 1.